The maximum atomic E-state index is 12.2. The van der Waals surface area contributed by atoms with E-state index in [-0.39, 0.29) is 15.5 Å². The lowest BCUT2D eigenvalue weighted by Crippen LogP contribution is -2.40. The first-order valence-corrected chi connectivity index (χ1v) is 6.94. The van der Waals surface area contributed by atoms with Gasteiger partial charge in [-0.3, -0.25) is 4.79 Å². The van der Waals surface area contributed by atoms with Crippen molar-refractivity contribution in [3.8, 4) is 6.07 Å². The average molecular weight is 303 g/mol. The second-order valence-corrected chi connectivity index (χ2v) is 6.17. The van der Waals surface area contributed by atoms with Crippen LogP contribution < -0.4 is 0 Å². The van der Waals surface area contributed by atoms with Gasteiger partial charge in [-0.15, -0.1) is 0 Å². The van der Waals surface area contributed by atoms with E-state index >= 15 is 0 Å². The lowest BCUT2D eigenvalue weighted by Gasteiger charge is -2.21. The Morgan fingerprint density at radius 2 is 2.11 bits per heavy atom. The van der Waals surface area contributed by atoms with Crippen LogP contribution in [0.25, 0.3) is 0 Å². The normalized spacial score (nSPS) is 13.0. The van der Waals surface area contributed by atoms with Crippen LogP contribution in [-0.2, 0) is 14.8 Å². The Labute approximate surface area is 115 Å². The monoisotopic (exact) mass is 302 g/mol. The van der Waals surface area contributed by atoms with Gasteiger partial charge in [0.1, 0.15) is 10.9 Å². The quantitative estimate of drug-likeness (QED) is 0.904. The van der Waals surface area contributed by atoms with E-state index in [9.17, 15) is 13.2 Å². The number of carboxylic acids is 1. The minimum Gasteiger partial charge on any atom is -0.480 e. The molecule has 0 heterocycles. The maximum Gasteiger partial charge on any atom is 0.321 e. The van der Waals surface area contributed by atoms with Gasteiger partial charge < -0.3 is 5.11 Å². The van der Waals surface area contributed by atoms with E-state index in [0.717, 1.165) is 7.05 Å². The van der Waals surface area contributed by atoms with Crippen molar-refractivity contribution in [1.29, 1.82) is 5.26 Å². The molecule has 6 nitrogen and oxygen atoms in total. The van der Waals surface area contributed by atoms with Gasteiger partial charge in [-0.05, 0) is 25.1 Å². The first-order valence-electron chi connectivity index (χ1n) is 5.12. The van der Waals surface area contributed by atoms with Crippen LogP contribution in [0, 0.1) is 11.3 Å². The Morgan fingerprint density at radius 1 is 1.53 bits per heavy atom. The first-order chi connectivity index (χ1) is 8.71. The molecule has 0 radical (unpaired) electrons. The van der Waals surface area contributed by atoms with E-state index in [1.54, 1.807) is 0 Å². The van der Waals surface area contributed by atoms with Gasteiger partial charge in [-0.1, -0.05) is 11.6 Å². The number of likely N-dealkylation sites (N-methyl/N-ethyl adjacent to an activating group) is 1. The predicted molar refractivity (Wildman–Crippen MR) is 68.2 cm³/mol. The van der Waals surface area contributed by atoms with E-state index < -0.39 is 22.0 Å². The Bertz CT molecular complexity index is 651. The third kappa shape index (κ3) is 3.04. The number of halogens is 1. The molecule has 0 aromatic heterocycles. The molecule has 0 aliphatic carbocycles. The largest absolute Gasteiger partial charge is 0.480 e. The first kappa shape index (κ1) is 15.4. The Balaban J connectivity index is 3.29. The zero-order chi connectivity index (χ0) is 14.8. The SMILES string of the molecule is CC(C(=O)O)N(C)S(=O)(=O)c1ccc(C#N)cc1Cl. The van der Waals surface area contributed by atoms with Crippen molar-refractivity contribution in [3.05, 3.63) is 28.8 Å². The molecule has 1 N–H and O–H groups in total. The van der Waals surface area contributed by atoms with Gasteiger partial charge in [0.25, 0.3) is 0 Å². The number of nitriles is 1. The van der Waals surface area contributed by atoms with Crippen molar-refractivity contribution in [3.63, 3.8) is 0 Å². The number of hydrogen-bond donors (Lipinski definition) is 1. The summed E-state index contributed by atoms with van der Waals surface area (Å²) in [5, 5.41) is 17.4. The number of carboxylic acid groups (broad SMARTS) is 1. The summed E-state index contributed by atoms with van der Waals surface area (Å²) >= 11 is 5.82. The van der Waals surface area contributed by atoms with E-state index in [1.165, 1.54) is 25.1 Å². The van der Waals surface area contributed by atoms with E-state index in [0.29, 0.717) is 4.31 Å². The molecule has 0 aliphatic rings. The molecule has 0 fully saturated rings. The summed E-state index contributed by atoms with van der Waals surface area (Å²) in [6.45, 7) is 1.25. The highest BCUT2D eigenvalue weighted by molar-refractivity contribution is 7.89. The summed E-state index contributed by atoms with van der Waals surface area (Å²) in [6, 6.07) is 4.31. The van der Waals surface area contributed by atoms with Crippen LogP contribution in [0.15, 0.2) is 23.1 Å². The number of carbonyl (C=O) groups is 1. The van der Waals surface area contributed by atoms with Crippen molar-refractivity contribution < 1.29 is 18.3 Å². The third-order valence-corrected chi connectivity index (χ3v) is 5.03. The van der Waals surface area contributed by atoms with Gasteiger partial charge in [0.2, 0.25) is 10.0 Å². The van der Waals surface area contributed by atoms with E-state index in [1.807, 2.05) is 6.07 Å². The molecule has 1 rings (SSSR count). The van der Waals surface area contributed by atoms with Gasteiger partial charge in [0.15, 0.2) is 0 Å². The molecular weight excluding hydrogens is 292 g/mol. The smallest absolute Gasteiger partial charge is 0.321 e. The Morgan fingerprint density at radius 3 is 2.53 bits per heavy atom. The molecule has 0 amide bonds. The van der Waals surface area contributed by atoms with Crippen LogP contribution in [0.2, 0.25) is 5.02 Å². The van der Waals surface area contributed by atoms with E-state index in [2.05, 4.69) is 0 Å². The Hall–Kier alpha value is -1.62. The zero-order valence-electron chi connectivity index (χ0n) is 10.2. The minimum absolute atomic E-state index is 0.122. The zero-order valence-corrected chi connectivity index (χ0v) is 11.7. The second-order valence-electron chi connectivity index (χ2n) is 3.79. The highest BCUT2D eigenvalue weighted by Crippen LogP contribution is 2.26. The second kappa shape index (κ2) is 5.57. The fourth-order valence-electron chi connectivity index (χ4n) is 1.30. The number of benzene rings is 1. The highest BCUT2D eigenvalue weighted by Gasteiger charge is 2.30. The van der Waals surface area contributed by atoms with Crippen LogP contribution in [0.1, 0.15) is 12.5 Å². The summed E-state index contributed by atoms with van der Waals surface area (Å²) < 4.78 is 25.1. The van der Waals surface area contributed by atoms with Crippen LogP contribution in [-0.4, -0.2) is 36.9 Å². The summed E-state index contributed by atoms with van der Waals surface area (Å²) in [4.78, 5) is 10.6. The van der Waals surface area contributed by atoms with Crippen LogP contribution in [0.3, 0.4) is 0 Å². The summed E-state index contributed by atoms with van der Waals surface area (Å²) in [5.74, 6) is -1.27. The number of nitrogens with zero attached hydrogens (tertiary/aromatic N) is 2. The third-order valence-electron chi connectivity index (χ3n) is 2.62. The van der Waals surface area contributed by atoms with Gasteiger partial charge in [-0.25, -0.2) is 8.42 Å². The molecule has 1 atom stereocenters. The van der Waals surface area contributed by atoms with Crippen LogP contribution >= 0.6 is 11.6 Å². The number of aliphatic carboxylic acids is 1. The standard InChI is InChI=1S/C11H11ClN2O4S/c1-7(11(15)16)14(2)19(17,18)10-4-3-8(6-13)5-9(10)12/h3-5,7H,1-2H3,(H,15,16). The molecule has 19 heavy (non-hydrogen) atoms. The molecule has 1 aromatic carbocycles. The fourth-order valence-corrected chi connectivity index (χ4v) is 3.13. The molecule has 102 valence electrons. The predicted octanol–water partition coefficient (Wildman–Crippen LogP) is 1.31. The molecule has 1 unspecified atom stereocenters. The van der Waals surface area contributed by atoms with Gasteiger partial charge in [-0.2, -0.15) is 9.57 Å². The molecule has 0 saturated carbocycles. The van der Waals surface area contributed by atoms with Gasteiger partial charge in [0, 0.05) is 7.05 Å². The molecule has 8 heteroatoms. The van der Waals surface area contributed by atoms with Crippen LogP contribution in [0.4, 0.5) is 0 Å². The molecule has 0 bridgehead atoms. The van der Waals surface area contributed by atoms with Crippen molar-refractivity contribution in [1.82, 2.24) is 4.31 Å². The van der Waals surface area contributed by atoms with Gasteiger partial charge >= 0.3 is 5.97 Å². The van der Waals surface area contributed by atoms with Crippen molar-refractivity contribution in [2.75, 3.05) is 7.05 Å². The lowest BCUT2D eigenvalue weighted by molar-refractivity contribution is -0.140. The summed E-state index contributed by atoms with van der Waals surface area (Å²) in [6.07, 6.45) is 0. The lowest BCUT2D eigenvalue weighted by atomic mass is 10.2. The van der Waals surface area contributed by atoms with Crippen LogP contribution in [0.5, 0.6) is 0 Å². The molecule has 0 aliphatic heterocycles. The molecular formula is C11H11ClN2O4S. The molecule has 1 aromatic rings. The topological polar surface area (TPSA) is 98.5 Å². The minimum atomic E-state index is -4.03. The van der Waals surface area contributed by atoms with Crippen molar-refractivity contribution in [2.24, 2.45) is 0 Å². The van der Waals surface area contributed by atoms with E-state index in [4.69, 9.17) is 22.0 Å². The number of hydrogen-bond acceptors (Lipinski definition) is 4. The fraction of sp³-hybridized carbons (Fsp3) is 0.273. The number of sulfonamides is 1. The summed E-state index contributed by atoms with van der Waals surface area (Å²) in [7, 11) is -2.87. The Kier molecular flexibility index (Phi) is 4.52. The van der Waals surface area contributed by atoms with Crippen molar-refractivity contribution >= 4 is 27.6 Å². The molecule has 0 saturated heterocycles. The van der Waals surface area contributed by atoms with Gasteiger partial charge in [0.05, 0.1) is 16.7 Å². The number of rotatable bonds is 4. The van der Waals surface area contributed by atoms with Crippen molar-refractivity contribution in [2.45, 2.75) is 17.9 Å². The summed E-state index contributed by atoms with van der Waals surface area (Å²) in [5.41, 5.74) is 0.220. The average Bonchev–Trinajstić information content (AvgIpc) is 2.36. The maximum absolute atomic E-state index is 12.2. The highest BCUT2D eigenvalue weighted by atomic mass is 35.5. The molecule has 0 spiro atoms.